The van der Waals surface area contributed by atoms with Crippen LogP contribution in [0.3, 0.4) is 0 Å². The molecule has 1 N–H and O–H groups in total. The van der Waals surface area contributed by atoms with Crippen molar-refractivity contribution in [3.8, 4) is 0 Å². The Morgan fingerprint density at radius 2 is 1.42 bits per heavy atom. The van der Waals surface area contributed by atoms with Crippen molar-refractivity contribution in [3.63, 3.8) is 0 Å². The summed E-state index contributed by atoms with van der Waals surface area (Å²) in [6.45, 7) is 13.0. The third-order valence-electron chi connectivity index (χ3n) is 4.63. The van der Waals surface area contributed by atoms with Gasteiger partial charge in [-0.2, -0.15) is 0 Å². The van der Waals surface area contributed by atoms with Crippen LogP contribution in [0.4, 0.5) is 0 Å². The van der Waals surface area contributed by atoms with E-state index in [1.807, 2.05) is 0 Å². The van der Waals surface area contributed by atoms with Crippen molar-refractivity contribution < 1.29 is 0 Å². The molecule has 1 fully saturated rings. The summed E-state index contributed by atoms with van der Waals surface area (Å²) in [5.74, 6) is 3.61. The van der Waals surface area contributed by atoms with Crippen LogP contribution in [0.15, 0.2) is 0 Å². The van der Waals surface area contributed by atoms with E-state index in [2.05, 4.69) is 39.9 Å². The maximum absolute atomic E-state index is 3.84. The van der Waals surface area contributed by atoms with Crippen molar-refractivity contribution in [2.24, 2.45) is 23.7 Å². The van der Waals surface area contributed by atoms with E-state index >= 15 is 0 Å². The first-order valence-corrected chi connectivity index (χ1v) is 8.70. The lowest BCUT2D eigenvalue weighted by Crippen LogP contribution is -2.33. The minimum Gasteiger partial charge on any atom is -0.314 e. The predicted molar refractivity (Wildman–Crippen MR) is 86.4 cm³/mol. The van der Waals surface area contributed by atoms with Gasteiger partial charge in [-0.3, -0.25) is 0 Å². The normalized spacial score (nSPS) is 24.6. The Hall–Kier alpha value is -0.0400. The molecule has 1 aliphatic rings. The van der Waals surface area contributed by atoms with Crippen LogP contribution in [0.1, 0.15) is 79.6 Å². The third kappa shape index (κ3) is 7.97. The smallest absolute Gasteiger partial charge is 0.00719 e. The SMILES string of the molecule is CC(C)CC(CC(C)C)NCCC1CCC(C)CC1. The summed E-state index contributed by atoms with van der Waals surface area (Å²) in [5.41, 5.74) is 0. The van der Waals surface area contributed by atoms with E-state index in [1.165, 1.54) is 51.5 Å². The molecular formula is C18H37N. The maximum atomic E-state index is 3.84. The van der Waals surface area contributed by atoms with Crippen molar-refractivity contribution in [3.05, 3.63) is 0 Å². The summed E-state index contributed by atoms with van der Waals surface area (Å²) in [4.78, 5) is 0. The topological polar surface area (TPSA) is 12.0 Å². The molecule has 0 aromatic heterocycles. The average molecular weight is 268 g/mol. The van der Waals surface area contributed by atoms with Crippen molar-refractivity contribution >= 4 is 0 Å². The summed E-state index contributed by atoms with van der Waals surface area (Å²) in [5, 5.41) is 3.84. The molecule has 1 heteroatoms. The highest BCUT2D eigenvalue weighted by Gasteiger charge is 2.18. The lowest BCUT2D eigenvalue weighted by atomic mass is 9.81. The van der Waals surface area contributed by atoms with Crippen molar-refractivity contribution in [2.75, 3.05) is 6.54 Å². The number of hydrogen-bond donors (Lipinski definition) is 1. The maximum Gasteiger partial charge on any atom is 0.00719 e. The van der Waals surface area contributed by atoms with Gasteiger partial charge in [0.25, 0.3) is 0 Å². The molecule has 1 nitrogen and oxygen atoms in total. The highest BCUT2D eigenvalue weighted by atomic mass is 14.9. The van der Waals surface area contributed by atoms with Gasteiger partial charge in [-0.15, -0.1) is 0 Å². The first-order valence-electron chi connectivity index (χ1n) is 8.70. The molecule has 1 saturated carbocycles. The van der Waals surface area contributed by atoms with E-state index in [0.717, 1.165) is 29.7 Å². The molecule has 0 aliphatic heterocycles. The molecule has 0 aromatic rings. The van der Waals surface area contributed by atoms with Gasteiger partial charge < -0.3 is 5.32 Å². The Balaban J connectivity index is 2.19. The predicted octanol–water partition coefficient (Wildman–Crippen LogP) is 5.25. The Labute approximate surface area is 121 Å². The molecule has 0 heterocycles. The fourth-order valence-electron chi connectivity index (χ4n) is 3.51. The number of hydrogen-bond acceptors (Lipinski definition) is 1. The van der Waals surface area contributed by atoms with Crippen LogP contribution in [-0.2, 0) is 0 Å². The van der Waals surface area contributed by atoms with Crippen LogP contribution in [0, 0.1) is 23.7 Å². The Morgan fingerprint density at radius 3 is 1.89 bits per heavy atom. The van der Waals surface area contributed by atoms with E-state index in [1.54, 1.807) is 0 Å². The van der Waals surface area contributed by atoms with E-state index in [9.17, 15) is 0 Å². The van der Waals surface area contributed by atoms with Crippen molar-refractivity contribution in [2.45, 2.75) is 85.6 Å². The van der Waals surface area contributed by atoms with E-state index in [0.29, 0.717) is 0 Å². The van der Waals surface area contributed by atoms with Gasteiger partial charge in [-0.25, -0.2) is 0 Å². The van der Waals surface area contributed by atoms with Crippen molar-refractivity contribution in [1.29, 1.82) is 0 Å². The zero-order chi connectivity index (χ0) is 14.3. The lowest BCUT2D eigenvalue weighted by Gasteiger charge is -2.28. The van der Waals surface area contributed by atoms with E-state index in [4.69, 9.17) is 0 Å². The molecule has 0 radical (unpaired) electrons. The molecule has 0 saturated heterocycles. The van der Waals surface area contributed by atoms with Gasteiger partial charge in [0, 0.05) is 6.04 Å². The minimum absolute atomic E-state index is 0.738. The van der Waals surface area contributed by atoms with Gasteiger partial charge in [0.05, 0.1) is 0 Å². The van der Waals surface area contributed by atoms with Gasteiger partial charge >= 0.3 is 0 Å². The van der Waals surface area contributed by atoms with Gasteiger partial charge in [0.15, 0.2) is 0 Å². The summed E-state index contributed by atoms with van der Waals surface area (Å²) >= 11 is 0. The average Bonchev–Trinajstić information content (AvgIpc) is 2.30. The summed E-state index contributed by atoms with van der Waals surface area (Å²) in [6, 6.07) is 0.738. The molecular weight excluding hydrogens is 230 g/mol. The molecule has 19 heavy (non-hydrogen) atoms. The summed E-state index contributed by atoms with van der Waals surface area (Å²) in [7, 11) is 0. The molecule has 0 aromatic carbocycles. The highest BCUT2D eigenvalue weighted by Crippen LogP contribution is 2.30. The molecule has 1 aliphatic carbocycles. The highest BCUT2D eigenvalue weighted by molar-refractivity contribution is 4.74. The Bertz CT molecular complexity index is 204. The molecule has 0 spiro atoms. The Kier molecular flexibility index (Phi) is 8.06. The molecule has 0 unspecified atom stereocenters. The molecule has 1 rings (SSSR count). The molecule has 0 bridgehead atoms. The third-order valence-corrected chi connectivity index (χ3v) is 4.63. The van der Waals surface area contributed by atoms with Crippen LogP contribution in [0.25, 0.3) is 0 Å². The van der Waals surface area contributed by atoms with E-state index < -0.39 is 0 Å². The molecule has 0 atom stereocenters. The van der Waals surface area contributed by atoms with Crippen LogP contribution >= 0.6 is 0 Å². The molecule has 0 amide bonds. The largest absolute Gasteiger partial charge is 0.314 e. The monoisotopic (exact) mass is 267 g/mol. The van der Waals surface area contributed by atoms with Crippen LogP contribution in [0.5, 0.6) is 0 Å². The van der Waals surface area contributed by atoms with Crippen LogP contribution in [0.2, 0.25) is 0 Å². The van der Waals surface area contributed by atoms with Gasteiger partial charge in [0.2, 0.25) is 0 Å². The molecule has 114 valence electrons. The fraction of sp³-hybridized carbons (Fsp3) is 1.00. The first kappa shape index (κ1) is 17.0. The second-order valence-corrected chi connectivity index (χ2v) is 7.82. The zero-order valence-electron chi connectivity index (χ0n) is 14.0. The quantitative estimate of drug-likeness (QED) is 0.633. The van der Waals surface area contributed by atoms with Crippen LogP contribution in [-0.4, -0.2) is 12.6 Å². The summed E-state index contributed by atoms with van der Waals surface area (Å²) < 4.78 is 0. The first-order chi connectivity index (χ1) is 8.97. The standard InChI is InChI=1S/C18H37N/c1-14(2)12-18(13-15(3)4)19-11-10-17-8-6-16(5)7-9-17/h14-19H,6-13H2,1-5H3. The number of rotatable bonds is 8. The van der Waals surface area contributed by atoms with Gasteiger partial charge in [-0.05, 0) is 49.5 Å². The van der Waals surface area contributed by atoms with Gasteiger partial charge in [-0.1, -0.05) is 60.3 Å². The minimum atomic E-state index is 0.738. The summed E-state index contributed by atoms with van der Waals surface area (Å²) in [6.07, 6.45) is 9.95. The van der Waals surface area contributed by atoms with Crippen molar-refractivity contribution in [1.82, 2.24) is 5.32 Å². The van der Waals surface area contributed by atoms with Crippen LogP contribution < -0.4 is 5.32 Å². The second-order valence-electron chi connectivity index (χ2n) is 7.82. The second kappa shape index (κ2) is 9.00. The lowest BCUT2D eigenvalue weighted by molar-refractivity contribution is 0.266. The Morgan fingerprint density at radius 1 is 0.895 bits per heavy atom. The number of nitrogens with one attached hydrogen (secondary N) is 1. The van der Waals surface area contributed by atoms with Gasteiger partial charge in [0.1, 0.15) is 0 Å². The zero-order valence-corrected chi connectivity index (χ0v) is 14.0. The van der Waals surface area contributed by atoms with E-state index in [-0.39, 0.29) is 0 Å². The fourth-order valence-corrected chi connectivity index (χ4v) is 3.51.